The van der Waals surface area contributed by atoms with Crippen LogP contribution in [0.25, 0.3) is 10.9 Å². The molecule has 1 aromatic heterocycles. The number of hydrogen-bond acceptors (Lipinski definition) is 2. The number of anilines is 1. The molecule has 26 heavy (non-hydrogen) atoms. The standard InChI is InChI=1S/C22H22N2O2/c1-14-11-18-13-19(7-8-20(18)23-14)24-22(26)10-9-21(25)17-6-5-15-3-2-4-16(15)12-17/h5-8,11-13,23H,2-4,9-10H2,1H3,(H,24,26). The summed E-state index contributed by atoms with van der Waals surface area (Å²) in [4.78, 5) is 27.9. The molecule has 0 atom stereocenters. The Labute approximate surface area is 152 Å². The van der Waals surface area contributed by atoms with E-state index >= 15 is 0 Å². The average molecular weight is 346 g/mol. The summed E-state index contributed by atoms with van der Waals surface area (Å²) >= 11 is 0. The molecular formula is C22H22N2O2. The fraction of sp³-hybridized carbons (Fsp3) is 0.273. The summed E-state index contributed by atoms with van der Waals surface area (Å²) in [7, 11) is 0. The van der Waals surface area contributed by atoms with E-state index < -0.39 is 0 Å². The SMILES string of the molecule is Cc1cc2cc(NC(=O)CCC(=O)c3ccc4c(c3)CCC4)ccc2[nH]1. The first kappa shape index (κ1) is 16.6. The Hall–Kier alpha value is -2.88. The fourth-order valence-electron chi connectivity index (χ4n) is 3.70. The van der Waals surface area contributed by atoms with Gasteiger partial charge in [0.25, 0.3) is 0 Å². The maximum absolute atomic E-state index is 12.4. The Morgan fingerprint density at radius 1 is 1.00 bits per heavy atom. The highest BCUT2D eigenvalue weighted by Crippen LogP contribution is 2.24. The highest BCUT2D eigenvalue weighted by atomic mass is 16.2. The number of hydrogen-bond donors (Lipinski definition) is 2. The van der Waals surface area contributed by atoms with E-state index in [4.69, 9.17) is 0 Å². The maximum atomic E-state index is 12.4. The van der Waals surface area contributed by atoms with E-state index in [9.17, 15) is 9.59 Å². The molecule has 0 bridgehead atoms. The van der Waals surface area contributed by atoms with Crippen LogP contribution in [0.15, 0.2) is 42.5 Å². The second-order valence-corrected chi connectivity index (χ2v) is 7.06. The molecule has 3 aromatic rings. The molecule has 132 valence electrons. The molecule has 1 aliphatic rings. The lowest BCUT2D eigenvalue weighted by molar-refractivity contribution is -0.116. The van der Waals surface area contributed by atoms with Gasteiger partial charge in [-0.3, -0.25) is 9.59 Å². The molecule has 0 spiro atoms. The molecule has 1 aliphatic carbocycles. The summed E-state index contributed by atoms with van der Waals surface area (Å²) in [5.74, 6) is -0.0994. The van der Waals surface area contributed by atoms with Gasteiger partial charge in [0.1, 0.15) is 0 Å². The van der Waals surface area contributed by atoms with Gasteiger partial charge in [-0.1, -0.05) is 12.1 Å². The highest BCUT2D eigenvalue weighted by molar-refractivity contribution is 6.00. The molecule has 0 saturated carbocycles. The van der Waals surface area contributed by atoms with Gasteiger partial charge >= 0.3 is 0 Å². The molecule has 4 nitrogen and oxygen atoms in total. The van der Waals surface area contributed by atoms with Crippen molar-refractivity contribution in [2.45, 2.75) is 39.0 Å². The van der Waals surface area contributed by atoms with Crippen molar-refractivity contribution < 1.29 is 9.59 Å². The van der Waals surface area contributed by atoms with Gasteiger partial charge in [-0.05, 0) is 67.6 Å². The zero-order valence-corrected chi connectivity index (χ0v) is 14.9. The van der Waals surface area contributed by atoms with E-state index in [-0.39, 0.29) is 24.5 Å². The van der Waals surface area contributed by atoms with Crippen LogP contribution in [0.2, 0.25) is 0 Å². The molecule has 1 heterocycles. The number of Topliss-reactive ketones (excluding diaryl/α,β-unsaturated/α-hetero) is 1. The second-order valence-electron chi connectivity index (χ2n) is 7.06. The number of rotatable bonds is 5. The first-order chi connectivity index (χ1) is 12.6. The Balaban J connectivity index is 1.36. The summed E-state index contributed by atoms with van der Waals surface area (Å²) in [6.07, 6.45) is 3.76. The van der Waals surface area contributed by atoms with Gasteiger partial charge < -0.3 is 10.3 Å². The minimum Gasteiger partial charge on any atom is -0.359 e. The number of amides is 1. The number of aromatic nitrogens is 1. The number of fused-ring (bicyclic) bond motifs is 2. The van der Waals surface area contributed by atoms with E-state index in [1.54, 1.807) is 0 Å². The van der Waals surface area contributed by atoms with Crippen LogP contribution in [0, 0.1) is 6.92 Å². The van der Waals surface area contributed by atoms with Crippen molar-refractivity contribution in [3.63, 3.8) is 0 Å². The van der Waals surface area contributed by atoms with Crippen molar-refractivity contribution in [1.82, 2.24) is 4.98 Å². The predicted octanol–water partition coefficient (Wildman–Crippen LogP) is 4.57. The molecule has 0 fully saturated rings. The smallest absolute Gasteiger partial charge is 0.224 e. The van der Waals surface area contributed by atoms with Gasteiger partial charge in [0.05, 0.1) is 0 Å². The van der Waals surface area contributed by atoms with Crippen molar-refractivity contribution >= 4 is 28.3 Å². The van der Waals surface area contributed by atoms with Gasteiger partial charge in [-0.15, -0.1) is 0 Å². The largest absolute Gasteiger partial charge is 0.359 e. The third-order valence-corrected chi connectivity index (χ3v) is 5.04. The summed E-state index contributed by atoms with van der Waals surface area (Å²) in [6.45, 7) is 2.00. The lowest BCUT2D eigenvalue weighted by Crippen LogP contribution is -2.13. The molecule has 2 aromatic carbocycles. The summed E-state index contributed by atoms with van der Waals surface area (Å²) in [6, 6.07) is 13.8. The van der Waals surface area contributed by atoms with E-state index in [1.807, 2.05) is 43.3 Å². The Kier molecular flexibility index (Phi) is 4.33. The van der Waals surface area contributed by atoms with Crippen molar-refractivity contribution in [2.75, 3.05) is 5.32 Å². The first-order valence-electron chi connectivity index (χ1n) is 9.13. The van der Waals surface area contributed by atoms with Crippen molar-refractivity contribution in [2.24, 2.45) is 0 Å². The summed E-state index contributed by atoms with van der Waals surface area (Å²) in [5, 5.41) is 3.95. The van der Waals surface area contributed by atoms with E-state index in [2.05, 4.69) is 16.4 Å². The third kappa shape index (κ3) is 3.40. The topological polar surface area (TPSA) is 62.0 Å². The van der Waals surface area contributed by atoms with Crippen LogP contribution < -0.4 is 5.32 Å². The molecular weight excluding hydrogens is 324 g/mol. The van der Waals surface area contributed by atoms with Crippen LogP contribution in [-0.4, -0.2) is 16.7 Å². The quantitative estimate of drug-likeness (QED) is 0.665. The number of carbonyl (C=O) groups excluding carboxylic acids is 2. The number of H-pyrrole nitrogens is 1. The van der Waals surface area contributed by atoms with Crippen LogP contribution in [-0.2, 0) is 17.6 Å². The van der Waals surface area contributed by atoms with E-state index in [0.717, 1.165) is 40.7 Å². The fourth-order valence-corrected chi connectivity index (χ4v) is 3.70. The zero-order chi connectivity index (χ0) is 18.1. The van der Waals surface area contributed by atoms with Gasteiger partial charge in [0.15, 0.2) is 5.78 Å². The Morgan fingerprint density at radius 2 is 1.85 bits per heavy atom. The minimum absolute atomic E-state index is 0.0339. The predicted molar refractivity (Wildman–Crippen MR) is 104 cm³/mol. The number of aryl methyl sites for hydroxylation is 3. The lowest BCUT2D eigenvalue weighted by Gasteiger charge is -2.06. The van der Waals surface area contributed by atoms with E-state index in [0.29, 0.717) is 0 Å². The van der Waals surface area contributed by atoms with Crippen molar-refractivity contribution in [1.29, 1.82) is 0 Å². The van der Waals surface area contributed by atoms with Crippen molar-refractivity contribution in [3.8, 4) is 0 Å². The van der Waals surface area contributed by atoms with Crippen LogP contribution in [0.3, 0.4) is 0 Å². The molecule has 4 rings (SSSR count). The molecule has 0 unspecified atom stereocenters. The second kappa shape index (κ2) is 6.79. The molecule has 0 saturated heterocycles. The molecule has 0 aliphatic heterocycles. The highest BCUT2D eigenvalue weighted by Gasteiger charge is 2.15. The van der Waals surface area contributed by atoms with E-state index in [1.165, 1.54) is 17.5 Å². The van der Waals surface area contributed by atoms with Crippen LogP contribution >= 0.6 is 0 Å². The number of benzene rings is 2. The number of aromatic amines is 1. The Morgan fingerprint density at radius 3 is 2.73 bits per heavy atom. The van der Waals surface area contributed by atoms with Gasteiger partial charge in [-0.25, -0.2) is 0 Å². The molecule has 4 heteroatoms. The lowest BCUT2D eigenvalue weighted by atomic mass is 10.0. The first-order valence-corrected chi connectivity index (χ1v) is 9.13. The Bertz CT molecular complexity index is 1000. The molecule has 1 amide bonds. The number of ketones is 1. The average Bonchev–Trinajstić information content (AvgIpc) is 3.23. The number of carbonyl (C=O) groups is 2. The van der Waals surface area contributed by atoms with Crippen LogP contribution in [0.4, 0.5) is 5.69 Å². The summed E-state index contributed by atoms with van der Waals surface area (Å²) < 4.78 is 0. The van der Waals surface area contributed by atoms with Crippen LogP contribution in [0.1, 0.15) is 46.4 Å². The number of nitrogens with one attached hydrogen (secondary N) is 2. The zero-order valence-electron chi connectivity index (χ0n) is 14.9. The van der Waals surface area contributed by atoms with Crippen molar-refractivity contribution in [3.05, 3.63) is 64.8 Å². The third-order valence-electron chi connectivity index (χ3n) is 5.04. The summed E-state index contributed by atoms with van der Waals surface area (Å²) in [5.41, 5.74) is 6.26. The molecule has 0 radical (unpaired) electrons. The van der Waals surface area contributed by atoms with Gasteiger partial charge in [0.2, 0.25) is 5.91 Å². The normalized spacial score (nSPS) is 13.0. The minimum atomic E-state index is -0.133. The van der Waals surface area contributed by atoms with Gasteiger partial charge in [-0.2, -0.15) is 0 Å². The van der Waals surface area contributed by atoms with Crippen LogP contribution in [0.5, 0.6) is 0 Å². The molecule has 2 N–H and O–H groups in total. The monoisotopic (exact) mass is 346 g/mol. The van der Waals surface area contributed by atoms with Gasteiger partial charge in [0, 0.05) is 40.7 Å². The maximum Gasteiger partial charge on any atom is 0.224 e.